The SMILES string of the molecule is CCN1CN(c2cccc(C(F)(F)F)c2)C(=O)C1c1ccccc1. The molecule has 1 unspecified atom stereocenters. The molecule has 24 heavy (non-hydrogen) atoms. The van der Waals surface area contributed by atoms with Gasteiger partial charge in [-0.25, -0.2) is 0 Å². The van der Waals surface area contributed by atoms with Crippen molar-refractivity contribution in [3.63, 3.8) is 0 Å². The van der Waals surface area contributed by atoms with Crippen LogP contribution in [0.5, 0.6) is 0 Å². The Morgan fingerprint density at radius 2 is 1.79 bits per heavy atom. The Hall–Kier alpha value is -2.34. The molecule has 0 spiro atoms. The number of likely N-dealkylation sites (N-methyl/N-ethyl adjacent to an activating group) is 1. The van der Waals surface area contributed by atoms with Crippen molar-refractivity contribution in [3.8, 4) is 0 Å². The predicted octanol–water partition coefficient (Wildman–Crippen LogP) is 4.07. The fourth-order valence-electron chi connectivity index (χ4n) is 2.97. The number of amides is 1. The summed E-state index contributed by atoms with van der Waals surface area (Å²) in [5, 5.41) is 0. The molecule has 3 rings (SSSR count). The van der Waals surface area contributed by atoms with E-state index in [1.807, 2.05) is 42.2 Å². The number of rotatable bonds is 3. The summed E-state index contributed by atoms with van der Waals surface area (Å²) >= 11 is 0. The highest BCUT2D eigenvalue weighted by atomic mass is 19.4. The van der Waals surface area contributed by atoms with Gasteiger partial charge in [0.05, 0.1) is 12.2 Å². The van der Waals surface area contributed by atoms with Crippen LogP contribution in [0.1, 0.15) is 24.1 Å². The molecule has 1 fully saturated rings. The average molecular weight is 334 g/mol. The summed E-state index contributed by atoms with van der Waals surface area (Å²) in [4.78, 5) is 16.2. The molecule has 1 amide bonds. The molecule has 126 valence electrons. The summed E-state index contributed by atoms with van der Waals surface area (Å²) in [7, 11) is 0. The molecule has 0 bridgehead atoms. The lowest BCUT2D eigenvalue weighted by atomic mass is 10.1. The Kier molecular flexibility index (Phi) is 4.32. The fourth-order valence-corrected chi connectivity index (χ4v) is 2.97. The molecular formula is C18H17F3N2O. The van der Waals surface area contributed by atoms with Crippen molar-refractivity contribution in [1.29, 1.82) is 0 Å². The van der Waals surface area contributed by atoms with E-state index in [0.29, 0.717) is 6.54 Å². The standard InChI is InChI=1S/C18H17F3N2O/c1-2-22-12-23(15-10-6-9-14(11-15)18(19,20)21)17(24)16(22)13-7-4-3-5-8-13/h3-11,16H,2,12H2,1H3. The van der Waals surface area contributed by atoms with Gasteiger partial charge in [-0.2, -0.15) is 13.2 Å². The highest BCUT2D eigenvalue weighted by molar-refractivity contribution is 5.99. The van der Waals surface area contributed by atoms with Crippen molar-refractivity contribution >= 4 is 11.6 Å². The number of hydrogen-bond donors (Lipinski definition) is 0. The van der Waals surface area contributed by atoms with Crippen LogP contribution in [0.15, 0.2) is 54.6 Å². The van der Waals surface area contributed by atoms with Gasteiger partial charge in [0.15, 0.2) is 0 Å². The quantitative estimate of drug-likeness (QED) is 0.845. The number of halogens is 3. The normalized spacial score (nSPS) is 19.1. The maximum absolute atomic E-state index is 12.9. The van der Waals surface area contributed by atoms with Crippen molar-refractivity contribution < 1.29 is 18.0 Å². The first-order valence-electron chi connectivity index (χ1n) is 7.69. The van der Waals surface area contributed by atoms with Crippen LogP contribution < -0.4 is 4.90 Å². The molecule has 2 aromatic carbocycles. The van der Waals surface area contributed by atoms with Crippen molar-refractivity contribution in [1.82, 2.24) is 4.90 Å². The van der Waals surface area contributed by atoms with Crippen molar-refractivity contribution in [3.05, 3.63) is 65.7 Å². The molecule has 0 saturated carbocycles. The molecule has 1 heterocycles. The smallest absolute Gasteiger partial charge is 0.297 e. The molecule has 0 aromatic heterocycles. The van der Waals surface area contributed by atoms with Gasteiger partial charge >= 0.3 is 6.18 Å². The highest BCUT2D eigenvalue weighted by Gasteiger charge is 2.40. The van der Waals surface area contributed by atoms with Crippen molar-refractivity contribution in [2.45, 2.75) is 19.1 Å². The van der Waals surface area contributed by atoms with Crippen LogP contribution in [0.25, 0.3) is 0 Å². The molecule has 0 aliphatic carbocycles. The Bertz CT molecular complexity index is 731. The number of hydrogen-bond acceptors (Lipinski definition) is 2. The van der Waals surface area contributed by atoms with Gasteiger partial charge in [-0.05, 0) is 30.3 Å². The summed E-state index contributed by atoms with van der Waals surface area (Å²) in [5.74, 6) is -0.206. The van der Waals surface area contributed by atoms with Gasteiger partial charge in [-0.1, -0.05) is 43.3 Å². The largest absolute Gasteiger partial charge is 0.416 e. The van der Waals surface area contributed by atoms with Crippen LogP contribution in [0.3, 0.4) is 0 Å². The van der Waals surface area contributed by atoms with Crippen molar-refractivity contribution in [2.24, 2.45) is 0 Å². The number of nitrogens with zero attached hydrogens (tertiary/aromatic N) is 2. The molecule has 2 aromatic rings. The third-order valence-corrected chi connectivity index (χ3v) is 4.19. The third-order valence-electron chi connectivity index (χ3n) is 4.19. The monoisotopic (exact) mass is 334 g/mol. The number of benzene rings is 2. The van der Waals surface area contributed by atoms with Gasteiger partial charge in [-0.3, -0.25) is 14.6 Å². The molecular weight excluding hydrogens is 317 g/mol. The van der Waals surface area contributed by atoms with E-state index in [-0.39, 0.29) is 18.3 Å². The van der Waals surface area contributed by atoms with E-state index >= 15 is 0 Å². The lowest BCUT2D eigenvalue weighted by Crippen LogP contribution is -2.27. The number of carbonyl (C=O) groups is 1. The predicted molar refractivity (Wildman–Crippen MR) is 85.4 cm³/mol. The van der Waals surface area contributed by atoms with Gasteiger partial charge in [0.1, 0.15) is 6.04 Å². The third kappa shape index (κ3) is 3.01. The van der Waals surface area contributed by atoms with Gasteiger partial charge < -0.3 is 0 Å². The minimum Gasteiger partial charge on any atom is -0.297 e. The number of alkyl halides is 3. The average Bonchev–Trinajstić information content (AvgIpc) is 2.91. The molecule has 1 saturated heterocycles. The van der Waals surface area contributed by atoms with Crippen LogP contribution in [0.2, 0.25) is 0 Å². The van der Waals surface area contributed by atoms with E-state index in [9.17, 15) is 18.0 Å². The first-order valence-corrected chi connectivity index (χ1v) is 7.69. The van der Waals surface area contributed by atoms with Crippen LogP contribution in [0, 0.1) is 0 Å². The summed E-state index contributed by atoms with van der Waals surface area (Å²) in [6, 6.07) is 13.7. The Morgan fingerprint density at radius 3 is 2.42 bits per heavy atom. The second kappa shape index (κ2) is 6.28. The number of carbonyl (C=O) groups excluding carboxylic acids is 1. The van der Waals surface area contributed by atoms with E-state index < -0.39 is 17.8 Å². The van der Waals surface area contributed by atoms with Crippen molar-refractivity contribution in [2.75, 3.05) is 18.1 Å². The Morgan fingerprint density at radius 1 is 1.08 bits per heavy atom. The maximum Gasteiger partial charge on any atom is 0.416 e. The summed E-state index contributed by atoms with van der Waals surface area (Å²) < 4.78 is 38.8. The summed E-state index contributed by atoms with van der Waals surface area (Å²) in [5.41, 5.74) is 0.365. The zero-order valence-corrected chi connectivity index (χ0v) is 13.1. The van der Waals surface area contributed by atoms with E-state index in [0.717, 1.165) is 17.7 Å². The second-order valence-electron chi connectivity index (χ2n) is 5.67. The molecule has 1 aliphatic heterocycles. The van der Waals surface area contributed by atoms with Gasteiger partial charge in [0.25, 0.3) is 0 Å². The first kappa shape index (κ1) is 16.5. The molecule has 0 N–H and O–H groups in total. The van der Waals surface area contributed by atoms with E-state index in [1.54, 1.807) is 0 Å². The minimum absolute atomic E-state index is 0.206. The second-order valence-corrected chi connectivity index (χ2v) is 5.67. The fraction of sp³-hybridized carbons (Fsp3) is 0.278. The summed E-state index contributed by atoms with van der Waals surface area (Å²) in [6.45, 7) is 2.83. The van der Waals surface area contributed by atoms with Crippen LogP contribution in [0.4, 0.5) is 18.9 Å². The molecule has 3 nitrogen and oxygen atoms in total. The molecule has 0 radical (unpaired) electrons. The molecule has 6 heteroatoms. The Labute approximate surface area is 138 Å². The van der Waals surface area contributed by atoms with Crippen LogP contribution >= 0.6 is 0 Å². The zero-order chi connectivity index (χ0) is 17.3. The number of anilines is 1. The van der Waals surface area contributed by atoms with Crippen LogP contribution in [-0.2, 0) is 11.0 Å². The first-order chi connectivity index (χ1) is 11.4. The summed E-state index contributed by atoms with van der Waals surface area (Å²) in [6.07, 6.45) is -4.43. The molecule has 1 atom stereocenters. The molecule has 1 aliphatic rings. The lowest BCUT2D eigenvalue weighted by molar-refractivity contribution is -0.137. The van der Waals surface area contributed by atoms with Gasteiger partial charge in [0, 0.05) is 5.69 Å². The van der Waals surface area contributed by atoms with Gasteiger partial charge in [0.2, 0.25) is 5.91 Å². The lowest BCUT2D eigenvalue weighted by Gasteiger charge is -2.19. The minimum atomic E-state index is -4.43. The zero-order valence-electron chi connectivity index (χ0n) is 13.1. The van der Waals surface area contributed by atoms with E-state index in [4.69, 9.17) is 0 Å². The maximum atomic E-state index is 12.9. The van der Waals surface area contributed by atoms with Gasteiger partial charge in [-0.15, -0.1) is 0 Å². The Balaban J connectivity index is 1.95. The highest BCUT2D eigenvalue weighted by Crippen LogP contribution is 2.35. The van der Waals surface area contributed by atoms with E-state index in [2.05, 4.69) is 0 Å². The topological polar surface area (TPSA) is 23.6 Å². The van der Waals surface area contributed by atoms with E-state index in [1.165, 1.54) is 17.0 Å². The van der Waals surface area contributed by atoms with Crippen LogP contribution in [-0.4, -0.2) is 24.0 Å².